The highest BCUT2D eigenvalue weighted by Crippen LogP contribution is 2.45. The smallest absolute Gasteiger partial charge is 0.0475 e. The second-order valence-corrected chi connectivity index (χ2v) is 13.6. The summed E-state index contributed by atoms with van der Waals surface area (Å²) in [5.74, 6) is 0. The molecule has 0 spiro atoms. The van der Waals surface area contributed by atoms with E-state index in [1.165, 1.54) is 64.7 Å². The standard InChI is InChI=1S/C48H33NS/c1-4-12-34(13-5-1)35-20-22-36(23-21-35)37-24-26-38(27-25-37)39-28-30-42(31-29-39)49(41-16-8-3-9-17-41)43-32-45(40-14-6-2-7-15-40)48-46(33-43)44-18-10-11-19-47(44)50-48/h1-33H. The minimum atomic E-state index is 1.12. The van der Waals surface area contributed by atoms with Gasteiger partial charge in [0.05, 0.1) is 0 Å². The summed E-state index contributed by atoms with van der Waals surface area (Å²) in [7, 11) is 0. The van der Waals surface area contributed by atoms with Crippen LogP contribution in [-0.4, -0.2) is 0 Å². The lowest BCUT2D eigenvalue weighted by molar-refractivity contribution is 1.29. The second kappa shape index (κ2) is 13.0. The topological polar surface area (TPSA) is 3.24 Å². The molecule has 50 heavy (non-hydrogen) atoms. The van der Waals surface area contributed by atoms with Crippen molar-refractivity contribution < 1.29 is 0 Å². The highest BCUT2D eigenvalue weighted by atomic mass is 32.1. The van der Waals surface area contributed by atoms with Crippen LogP contribution in [0.15, 0.2) is 200 Å². The molecule has 0 radical (unpaired) electrons. The lowest BCUT2D eigenvalue weighted by Gasteiger charge is -2.26. The van der Waals surface area contributed by atoms with Gasteiger partial charge in [0.1, 0.15) is 0 Å². The molecule has 0 amide bonds. The number of thiophene rings is 1. The van der Waals surface area contributed by atoms with Gasteiger partial charge >= 0.3 is 0 Å². The van der Waals surface area contributed by atoms with Crippen molar-refractivity contribution in [1.82, 2.24) is 0 Å². The van der Waals surface area contributed by atoms with Crippen LogP contribution in [0.25, 0.3) is 64.7 Å². The molecule has 0 N–H and O–H groups in total. The lowest BCUT2D eigenvalue weighted by atomic mass is 9.98. The normalized spacial score (nSPS) is 11.2. The predicted molar refractivity (Wildman–Crippen MR) is 216 cm³/mol. The summed E-state index contributed by atoms with van der Waals surface area (Å²) >= 11 is 1.88. The Kier molecular flexibility index (Phi) is 7.77. The van der Waals surface area contributed by atoms with Crippen molar-refractivity contribution in [2.45, 2.75) is 0 Å². The molecule has 1 aromatic heterocycles. The molecule has 2 heteroatoms. The van der Waals surface area contributed by atoms with Crippen molar-refractivity contribution in [2.24, 2.45) is 0 Å². The number of rotatable bonds is 7. The van der Waals surface area contributed by atoms with Gasteiger partial charge in [-0.2, -0.15) is 0 Å². The number of benzene rings is 8. The van der Waals surface area contributed by atoms with E-state index in [0.29, 0.717) is 0 Å². The van der Waals surface area contributed by atoms with Crippen molar-refractivity contribution in [3.05, 3.63) is 200 Å². The minimum Gasteiger partial charge on any atom is -0.310 e. The number of hydrogen-bond acceptors (Lipinski definition) is 2. The summed E-state index contributed by atoms with van der Waals surface area (Å²) in [6.07, 6.45) is 0. The van der Waals surface area contributed by atoms with Gasteiger partial charge in [0.2, 0.25) is 0 Å². The van der Waals surface area contributed by atoms with E-state index in [0.717, 1.165) is 17.1 Å². The Morgan fingerprint density at radius 2 is 0.720 bits per heavy atom. The molecule has 0 aliphatic carbocycles. The molecule has 0 aliphatic rings. The number of para-hydroxylation sites is 1. The van der Waals surface area contributed by atoms with Crippen LogP contribution in [0.3, 0.4) is 0 Å². The molecule has 9 aromatic rings. The maximum Gasteiger partial charge on any atom is 0.0475 e. The Bertz CT molecular complexity index is 2530. The van der Waals surface area contributed by atoms with Crippen molar-refractivity contribution in [2.75, 3.05) is 4.90 Å². The maximum absolute atomic E-state index is 2.38. The van der Waals surface area contributed by atoms with Gasteiger partial charge in [0.25, 0.3) is 0 Å². The van der Waals surface area contributed by atoms with Crippen LogP contribution in [0.4, 0.5) is 17.1 Å². The zero-order valence-electron chi connectivity index (χ0n) is 27.4. The molecule has 236 valence electrons. The maximum atomic E-state index is 2.38. The zero-order chi connectivity index (χ0) is 33.3. The highest BCUT2D eigenvalue weighted by Gasteiger charge is 2.18. The Hall–Kier alpha value is -6.22. The molecule has 0 atom stereocenters. The molecule has 0 unspecified atom stereocenters. The third-order valence-electron chi connectivity index (χ3n) is 9.49. The average Bonchev–Trinajstić information content (AvgIpc) is 3.58. The monoisotopic (exact) mass is 655 g/mol. The summed E-state index contributed by atoms with van der Waals surface area (Å²) < 4.78 is 2.63. The van der Waals surface area contributed by atoms with Crippen LogP contribution >= 0.6 is 11.3 Å². The summed E-state index contributed by atoms with van der Waals surface area (Å²) in [4.78, 5) is 2.38. The molecular formula is C48H33NS. The molecule has 8 aromatic carbocycles. The molecule has 0 bridgehead atoms. The Balaban J connectivity index is 1.08. The van der Waals surface area contributed by atoms with Crippen molar-refractivity contribution in [1.29, 1.82) is 0 Å². The van der Waals surface area contributed by atoms with Crippen molar-refractivity contribution >= 4 is 48.6 Å². The second-order valence-electron chi connectivity index (χ2n) is 12.6. The molecule has 9 rings (SSSR count). The molecule has 0 fully saturated rings. The Morgan fingerprint density at radius 3 is 1.28 bits per heavy atom. The molecule has 1 heterocycles. The van der Waals surface area contributed by atoms with E-state index >= 15 is 0 Å². The summed E-state index contributed by atoms with van der Waals surface area (Å²) in [6, 6.07) is 72.2. The van der Waals surface area contributed by atoms with E-state index < -0.39 is 0 Å². The van der Waals surface area contributed by atoms with Crippen LogP contribution in [0.1, 0.15) is 0 Å². The molecular weight excluding hydrogens is 623 g/mol. The van der Waals surface area contributed by atoms with Gasteiger partial charge in [-0.1, -0.05) is 158 Å². The van der Waals surface area contributed by atoms with E-state index in [1.807, 2.05) is 11.3 Å². The number of anilines is 3. The van der Waals surface area contributed by atoms with Gasteiger partial charge in [-0.25, -0.2) is 0 Å². The van der Waals surface area contributed by atoms with E-state index in [-0.39, 0.29) is 0 Å². The summed E-state index contributed by atoms with van der Waals surface area (Å²) in [6.45, 7) is 0. The van der Waals surface area contributed by atoms with Gasteiger partial charge in [-0.3, -0.25) is 0 Å². The first kappa shape index (κ1) is 29.9. The molecule has 0 aliphatic heterocycles. The van der Waals surface area contributed by atoms with E-state index in [4.69, 9.17) is 0 Å². The van der Waals surface area contributed by atoms with E-state index in [2.05, 4.69) is 205 Å². The van der Waals surface area contributed by atoms with Crippen LogP contribution in [0.2, 0.25) is 0 Å². The van der Waals surface area contributed by atoms with E-state index in [9.17, 15) is 0 Å². The lowest BCUT2D eigenvalue weighted by Crippen LogP contribution is -2.10. The van der Waals surface area contributed by atoms with Crippen molar-refractivity contribution in [3.8, 4) is 44.5 Å². The Morgan fingerprint density at radius 1 is 0.300 bits per heavy atom. The molecule has 0 saturated heterocycles. The first-order chi connectivity index (χ1) is 24.8. The summed E-state index contributed by atoms with van der Waals surface area (Å²) in [5, 5.41) is 2.58. The van der Waals surface area contributed by atoms with Crippen LogP contribution in [0.5, 0.6) is 0 Å². The predicted octanol–water partition coefficient (Wildman–Crippen LogP) is 14.2. The number of fused-ring (bicyclic) bond motifs is 3. The van der Waals surface area contributed by atoms with Crippen LogP contribution in [0, 0.1) is 0 Å². The fraction of sp³-hybridized carbons (Fsp3) is 0. The van der Waals surface area contributed by atoms with Crippen LogP contribution < -0.4 is 4.90 Å². The summed E-state index contributed by atoms with van der Waals surface area (Å²) in [5.41, 5.74) is 13.2. The van der Waals surface area contributed by atoms with Gasteiger partial charge in [-0.15, -0.1) is 11.3 Å². The molecule has 1 nitrogen and oxygen atoms in total. The van der Waals surface area contributed by atoms with Gasteiger partial charge in [0.15, 0.2) is 0 Å². The minimum absolute atomic E-state index is 1.12. The van der Waals surface area contributed by atoms with E-state index in [1.54, 1.807) is 0 Å². The SMILES string of the molecule is c1ccc(-c2ccc(-c3ccc(-c4ccc(N(c5ccccc5)c5cc(-c6ccccc6)c6sc7ccccc7c6c5)cc4)cc3)cc2)cc1. The van der Waals surface area contributed by atoms with Crippen molar-refractivity contribution in [3.63, 3.8) is 0 Å². The first-order valence-electron chi connectivity index (χ1n) is 17.0. The Labute approximate surface area is 297 Å². The van der Waals surface area contributed by atoms with Gasteiger partial charge in [0, 0.05) is 42.8 Å². The average molecular weight is 656 g/mol. The fourth-order valence-corrected chi connectivity index (χ4v) is 8.16. The largest absolute Gasteiger partial charge is 0.310 e. The highest BCUT2D eigenvalue weighted by molar-refractivity contribution is 7.26. The number of nitrogens with zero attached hydrogens (tertiary/aromatic N) is 1. The van der Waals surface area contributed by atoms with Gasteiger partial charge in [-0.05, 0) is 81.4 Å². The number of hydrogen-bond donors (Lipinski definition) is 0. The molecule has 0 saturated carbocycles. The quantitative estimate of drug-likeness (QED) is 0.165. The zero-order valence-corrected chi connectivity index (χ0v) is 28.2. The third kappa shape index (κ3) is 5.66. The van der Waals surface area contributed by atoms with Gasteiger partial charge < -0.3 is 4.90 Å². The first-order valence-corrected chi connectivity index (χ1v) is 17.8. The fourth-order valence-electron chi connectivity index (χ4n) is 6.94. The third-order valence-corrected chi connectivity index (χ3v) is 10.7. The van der Waals surface area contributed by atoms with Crippen LogP contribution in [-0.2, 0) is 0 Å².